The van der Waals surface area contributed by atoms with E-state index in [0.29, 0.717) is 11.5 Å². The number of nitrogens with zero attached hydrogens (tertiary/aromatic N) is 3. The molecule has 0 N–H and O–H groups in total. The highest BCUT2D eigenvalue weighted by Gasteiger charge is 2.47. The number of rotatable bonds is 3. The number of hydrogen-bond donors (Lipinski definition) is 0. The quantitative estimate of drug-likeness (QED) is 0.181. The first-order chi connectivity index (χ1) is 28.8. The van der Waals surface area contributed by atoms with E-state index in [1.807, 2.05) is 12.1 Å². The molecule has 11 aromatic rings. The van der Waals surface area contributed by atoms with Crippen LogP contribution in [0.4, 0.5) is 0 Å². The summed E-state index contributed by atoms with van der Waals surface area (Å²) in [6.07, 6.45) is 5.93. The zero-order chi connectivity index (χ0) is 38.0. The lowest BCUT2D eigenvalue weighted by Crippen LogP contribution is -2.28. The van der Waals surface area contributed by atoms with E-state index in [2.05, 4.69) is 156 Å². The van der Waals surface area contributed by atoms with E-state index in [0.717, 1.165) is 51.7 Å². The van der Waals surface area contributed by atoms with Gasteiger partial charge in [-0.05, 0) is 74.5 Å². The Bertz CT molecular complexity index is 3480. The molecule has 0 atom stereocenters. The van der Waals surface area contributed by atoms with Gasteiger partial charge in [-0.15, -0.1) is 0 Å². The summed E-state index contributed by atoms with van der Waals surface area (Å²) in [7, 11) is 0. The van der Waals surface area contributed by atoms with Crippen LogP contribution in [0.5, 0.6) is 0 Å². The van der Waals surface area contributed by atoms with Crippen LogP contribution in [-0.4, -0.2) is 14.5 Å². The average Bonchev–Trinajstić information content (AvgIpc) is 3.94. The van der Waals surface area contributed by atoms with Crippen molar-refractivity contribution in [2.45, 2.75) is 37.5 Å². The van der Waals surface area contributed by atoms with Crippen LogP contribution < -0.4 is 0 Å². The number of fused-ring (bicyclic) bond motifs is 17. The summed E-state index contributed by atoms with van der Waals surface area (Å²) in [5, 5.41) is 8.47. The number of benzene rings is 8. The Hall–Kier alpha value is -7.04. The molecule has 2 aliphatic carbocycles. The lowest BCUT2D eigenvalue weighted by Gasteiger charge is -2.36. The summed E-state index contributed by atoms with van der Waals surface area (Å²) in [5.41, 5.74) is 14.4. The Morgan fingerprint density at radius 2 is 1.17 bits per heavy atom. The van der Waals surface area contributed by atoms with Gasteiger partial charge < -0.3 is 4.42 Å². The Kier molecular flexibility index (Phi) is 6.63. The molecule has 1 fully saturated rings. The third kappa shape index (κ3) is 4.29. The molecule has 4 nitrogen and oxygen atoms in total. The zero-order valence-corrected chi connectivity index (χ0v) is 31.9. The molecule has 0 aliphatic heterocycles. The summed E-state index contributed by atoms with van der Waals surface area (Å²) in [6, 6.07) is 59.4. The third-order valence-electron chi connectivity index (χ3n) is 13.4. The molecular formula is C54H37N3O. The van der Waals surface area contributed by atoms with Gasteiger partial charge in [0.2, 0.25) is 5.95 Å². The van der Waals surface area contributed by atoms with Crippen molar-refractivity contribution in [3.8, 4) is 39.5 Å². The van der Waals surface area contributed by atoms with Crippen LogP contribution >= 0.6 is 0 Å². The maximum absolute atomic E-state index is 6.70. The SMILES string of the molecule is c1ccc(-c2ccc(-c3nc(-n4c5c6c(c7ccccc7c5c5ccc7ccccc7c54)-c4ccccc4C64CCCCC4)nc4c3oc3ccccc34)cc2)cc1. The number of para-hydroxylation sites is 1. The van der Waals surface area contributed by atoms with Crippen molar-refractivity contribution in [3.63, 3.8) is 0 Å². The Morgan fingerprint density at radius 3 is 2.02 bits per heavy atom. The molecule has 13 rings (SSSR count). The molecule has 0 unspecified atom stereocenters. The molecule has 0 saturated heterocycles. The second-order valence-corrected chi connectivity index (χ2v) is 16.3. The Balaban J connectivity index is 1.23. The fourth-order valence-electron chi connectivity index (χ4n) is 10.9. The number of aromatic nitrogens is 3. The molecule has 4 heteroatoms. The van der Waals surface area contributed by atoms with Crippen molar-refractivity contribution < 1.29 is 4.42 Å². The fraction of sp³-hybridized carbons (Fsp3) is 0.111. The van der Waals surface area contributed by atoms with Gasteiger partial charge in [-0.3, -0.25) is 4.57 Å². The van der Waals surface area contributed by atoms with E-state index in [9.17, 15) is 0 Å². The minimum Gasteiger partial charge on any atom is -0.452 e. The third-order valence-corrected chi connectivity index (χ3v) is 13.4. The van der Waals surface area contributed by atoms with Crippen LogP contribution in [-0.2, 0) is 5.41 Å². The fourth-order valence-corrected chi connectivity index (χ4v) is 10.9. The summed E-state index contributed by atoms with van der Waals surface area (Å²) < 4.78 is 9.16. The molecule has 58 heavy (non-hydrogen) atoms. The average molecular weight is 744 g/mol. The van der Waals surface area contributed by atoms with Crippen LogP contribution in [0.25, 0.3) is 105 Å². The van der Waals surface area contributed by atoms with Crippen molar-refractivity contribution >= 4 is 65.4 Å². The maximum Gasteiger partial charge on any atom is 0.236 e. The summed E-state index contributed by atoms with van der Waals surface area (Å²) >= 11 is 0. The Morgan fingerprint density at radius 1 is 0.500 bits per heavy atom. The first-order valence-corrected chi connectivity index (χ1v) is 20.6. The predicted molar refractivity (Wildman–Crippen MR) is 239 cm³/mol. The van der Waals surface area contributed by atoms with Gasteiger partial charge in [0, 0.05) is 32.5 Å². The monoisotopic (exact) mass is 743 g/mol. The molecule has 274 valence electrons. The smallest absolute Gasteiger partial charge is 0.236 e. The molecule has 0 amide bonds. The van der Waals surface area contributed by atoms with Gasteiger partial charge in [0.25, 0.3) is 0 Å². The normalized spacial score (nSPS) is 14.7. The van der Waals surface area contributed by atoms with E-state index in [1.165, 1.54) is 84.9 Å². The van der Waals surface area contributed by atoms with Crippen molar-refractivity contribution in [3.05, 3.63) is 175 Å². The molecule has 2 aliphatic rings. The number of hydrogen-bond acceptors (Lipinski definition) is 3. The van der Waals surface area contributed by atoms with Gasteiger partial charge >= 0.3 is 0 Å². The van der Waals surface area contributed by atoms with Crippen molar-refractivity contribution in [1.82, 2.24) is 14.5 Å². The highest BCUT2D eigenvalue weighted by atomic mass is 16.3. The van der Waals surface area contributed by atoms with E-state index in [1.54, 1.807) is 0 Å². The summed E-state index contributed by atoms with van der Waals surface area (Å²) in [4.78, 5) is 11.3. The topological polar surface area (TPSA) is 43.9 Å². The van der Waals surface area contributed by atoms with Gasteiger partial charge in [0.05, 0.1) is 11.0 Å². The van der Waals surface area contributed by atoms with E-state index in [-0.39, 0.29) is 5.41 Å². The van der Waals surface area contributed by atoms with Gasteiger partial charge in [0.1, 0.15) is 16.8 Å². The summed E-state index contributed by atoms with van der Waals surface area (Å²) in [5.74, 6) is 0.664. The minimum absolute atomic E-state index is 0.114. The molecule has 8 aromatic carbocycles. The van der Waals surface area contributed by atoms with Gasteiger partial charge in [-0.1, -0.05) is 171 Å². The second kappa shape index (κ2) is 12.0. The van der Waals surface area contributed by atoms with E-state index >= 15 is 0 Å². The predicted octanol–water partition coefficient (Wildman–Crippen LogP) is 14.3. The molecule has 1 saturated carbocycles. The summed E-state index contributed by atoms with van der Waals surface area (Å²) in [6.45, 7) is 0. The molecular weight excluding hydrogens is 707 g/mol. The van der Waals surface area contributed by atoms with Crippen LogP contribution in [0.15, 0.2) is 168 Å². The first kappa shape index (κ1) is 32.1. The van der Waals surface area contributed by atoms with Gasteiger partial charge in [-0.2, -0.15) is 0 Å². The largest absolute Gasteiger partial charge is 0.452 e. The standard InChI is InChI=1S/C54H37N3O/c1-3-15-33(16-4-1)34-25-27-36(28-26-34)48-52-49(41-22-10-12-24-44(41)58-52)56-53(55-48)57-50-37-18-6-5-17-35(37)29-30-42(50)46-39-20-8-7-19-38(39)45-40-21-9-11-23-43(40)54(47(45)51(46)57)31-13-2-14-32-54/h1,3-12,15-30H,2,13-14,31-32H2. The molecule has 1 spiro atoms. The van der Waals surface area contributed by atoms with Crippen LogP contribution in [0.1, 0.15) is 43.2 Å². The zero-order valence-electron chi connectivity index (χ0n) is 31.9. The van der Waals surface area contributed by atoms with Gasteiger partial charge in [-0.25, -0.2) is 9.97 Å². The highest BCUT2D eigenvalue weighted by Crippen LogP contribution is 2.61. The van der Waals surface area contributed by atoms with E-state index < -0.39 is 0 Å². The second-order valence-electron chi connectivity index (χ2n) is 16.3. The molecule has 0 radical (unpaired) electrons. The minimum atomic E-state index is -0.114. The molecule has 3 aromatic heterocycles. The van der Waals surface area contributed by atoms with Crippen molar-refractivity contribution in [2.24, 2.45) is 0 Å². The van der Waals surface area contributed by atoms with Crippen LogP contribution in [0, 0.1) is 0 Å². The highest BCUT2D eigenvalue weighted by molar-refractivity contribution is 6.30. The van der Waals surface area contributed by atoms with Crippen molar-refractivity contribution in [1.29, 1.82) is 0 Å². The maximum atomic E-state index is 6.70. The molecule has 3 heterocycles. The lowest BCUT2D eigenvalue weighted by molar-refractivity contribution is 0.354. The van der Waals surface area contributed by atoms with E-state index in [4.69, 9.17) is 14.4 Å². The molecule has 0 bridgehead atoms. The van der Waals surface area contributed by atoms with Crippen molar-refractivity contribution in [2.75, 3.05) is 0 Å². The first-order valence-electron chi connectivity index (χ1n) is 20.6. The van der Waals surface area contributed by atoms with Crippen LogP contribution in [0.3, 0.4) is 0 Å². The Labute approximate surface area is 335 Å². The lowest BCUT2D eigenvalue weighted by atomic mass is 9.67. The number of furan rings is 1. The van der Waals surface area contributed by atoms with Gasteiger partial charge in [0.15, 0.2) is 5.58 Å². The van der Waals surface area contributed by atoms with Crippen LogP contribution in [0.2, 0.25) is 0 Å².